The van der Waals surface area contributed by atoms with Crippen LogP contribution in [0.15, 0.2) is 28.7 Å². The van der Waals surface area contributed by atoms with Crippen molar-refractivity contribution in [2.45, 2.75) is 45.2 Å². The lowest BCUT2D eigenvalue weighted by atomic mass is 10.0. The van der Waals surface area contributed by atoms with Crippen LogP contribution in [0.3, 0.4) is 0 Å². The standard InChI is InChI=1S/C16H25BrN2/c1-14-6-2-3-10-19(14)11-5-9-18-13-15-7-4-8-16(17)12-15/h4,7-8,12,14,18H,2-3,5-6,9-11,13H2,1H3. The van der Waals surface area contributed by atoms with Crippen LogP contribution in [0.25, 0.3) is 0 Å². The zero-order valence-electron chi connectivity index (χ0n) is 11.9. The molecular formula is C16H25BrN2. The van der Waals surface area contributed by atoms with Gasteiger partial charge in [-0.05, 0) is 63.5 Å². The Morgan fingerprint density at radius 1 is 1.37 bits per heavy atom. The molecule has 0 amide bonds. The van der Waals surface area contributed by atoms with E-state index in [9.17, 15) is 0 Å². The Morgan fingerprint density at radius 3 is 3.05 bits per heavy atom. The molecule has 0 saturated carbocycles. The SMILES string of the molecule is CC1CCCCN1CCCNCc1cccc(Br)c1. The third-order valence-electron chi connectivity index (χ3n) is 3.96. The molecular weight excluding hydrogens is 300 g/mol. The summed E-state index contributed by atoms with van der Waals surface area (Å²) in [6.07, 6.45) is 5.43. The summed E-state index contributed by atoms with van der Waals surface area (Å²) in [5, 5.41) is 3.54. The molecule has 0 aliphatic carbocycles. The minimum Gasteiger partial charge on any atom is -0.313 e. The van der Waals surface area contributed by atoms with E-state index in [-0.39, 0.29) is 0 Å². The smallest absolute Gasteiger partial charge is 0.0205 e. The van der Waals surface area contributed by atoms with Crippen LogP contribution in [0.2, 0.25) is 0 Å². The van der Waals surface area contributed by atoms with Gasteiger partial charge in [0.25, 0.3) is 0 Å². The van der Waals surface area contributed by atoms with E-state index in [4.69, 9.17) is 0 Å². The van der Waals surface area contributed by atoms with Crippen molar-refractivity contribution in [1.82, 2.24) is 10.2 Å². The highest BCUT2D eigenvalue weighted by Crippen LogP contribution is 2.16. The highest BCUT2D eigenvalue weighted by Gasteiger charge is 2.16. The van der Waals surface area contributed by atoms with Gasteiger partial charge in [0.15, 0.2) is 0 Å². The van der Waals surface area contributed by atoms with Crippen LogP contribution in [0.5, 0.6) is 0 Å². The summed E-state index contributed by atoms with van der Waals surface area (Å²) >= 11 is 3.51. The minimum absolute atomic E-state index is 0.791. The topological polar surface area (TPSA) is 15.3 Å². The molecule has 2 nitrogen and oxygen atoms in total. The highest BCUT2D eigenvalue weighted by atomic mass is 79.9. The van der Waals surface area contributed by atoms with Gasteiger partial charge in [-0.2, -0.15) is 0 Å². The molecule has 2 rings (SSSR count). The molecule has 0 spiro atoms. The average molecular weight is 325 g/mol. The number of nitrogens with one attached hydrogen (secondary N) is 1. The van der Waals surface area contributed by atoms with E-state index in [2.05, 4.69) is 57.3 Å². The van der Waals surface area contributed by atoms with E-state index in [1.807, 2.05) is 0 Å². The lowest BCUT2D eigenvalue weighted by molar-refractivity contribution is 0.159. The maximum absolute atomic E-state index is 3.54. The Balaban J connectivity index is 1.59. The molecule has 1 heterocycles. The van der Waals surface area contributed by atoms with Gasteiger partial charge in [-0.15, -0.1) is 0 Å². The molecule has 3 heteroatoms. The Morgan fingerprint density at radius 2 is 2.26 bits per heavy atom. The monoisotopic (exact) mass is 324 g/mol. The van der Waals surface area contributed by atoms with Crippen molar-refractivity contribution in [1.29, 1.82) is 0 Å². The predicted octanol–water partition coefficient (Wildman–Crippen LogP) is 3.80. The summed E-state index contributed by atoms with van der Waals surface area (Å²) in [6.45, 7) is 6.98. The van der Waals surface area contributed by atoms with E-state index in [0.29, 0.717) is 0 Å². The molecule has 19 heavy (non-hydrogen) atoms. The summed E-state index contributed by atoms with van der Waals surface area (Å²) in [6, 6.07) is 9.31. The Kier molecular flexibility index (Phi) is 6.35. The number of hydrogen-bond acceptors (Lipinski definition) is 2. The summed E-state index contributed by atoms with van der Waals surface area (Å²) in [5.74, 6) is 0. The second kappa shape index (κ2) is 8.03. The van der Waals surface area contributed by atoms with Crippen molar-refractivity contribution in [2.75, 3.05) is 19.6 Å². The number of piperidine rings is 1. The number of rotatable bonds is 6. The molecule has 1 aliphatic rings. The molecule has 1 aliphatic heterocycles. The number of likely N-dealkylation sites (tertiary alicyclic amines) is 1. The van der Waals surface area contributed by atoms with Gasteiger partial charge in [0.05, 0.1) is 0 Å². The van der Waals surface area contributed by atoms with Crippen molar-refractivity contribution in [3.8, 4) is 0 Å². The second-order valence-corrected chi connectivity index (χ2v) is 6.46. The van der Waals surface area contributed by atoms with Gasteiger partial charge in [-0.3, -0.25) is 0 Å². The van der Waals surface area contributed by atoms with Crippen LogP contribution in [0.4, 0.5) is 0 Å². The first kappa shape index (κ1) is 15.0. The van der Waals surface area contributed by atoms with Gasteiger partial charge in [-0.25, -0.2) is 0 Å². The van der Waals surface area contributed by atoms with Crippen molar-refractivity contribution in [3.63, 3.8) is 0 Å². The van der Waals surface area contributed by atoms with Crippen molar-refractivity contribution in [3.05, 3.63) is 34.3 Å². The molecule has 1 atom stereocenters. The van der Waals surface area contributed by atoms with E-state index in [1.54, 1.807) is 0 Å². The zero-order chi connectivity index (χ0) is 13.5. The van der Waals surface area contributed by atoms with Crippen molar-refractivity contribution in [2.24, 2.45) is 0 Å². The molecule has 1 aromatic carbocycles. The van der Waals surface area contributed by atoms with Gasteiger partial charge in [-0.1, -0.05) is 34.5 Å². The van der Waals surface area contributed by atoms with E-state index in [1.165, 1.54) is 44.3 Å². The largest absolute Gasteiger partial charge is 0.313 e. The maximum atomic E-state index is 3.54. The summed E-state index contributed by atoms with van der Waals surface area (Å²) in [5.41, 5.74) is 1.35. The van der Waals surface area contributed by atoms with Gasteiger partial charge in [0.2, 0.25) is 0 Å². The van der Waals surface area contributed by atoms with E-state index < -0.39 is 0 Å². The molecule has 1 saturated heterocycles. The molecule has 1 aromatic rings. The van der Waals surface area contributed by atoms with E-state index in [0.717, 1.165) is 23.6 Å². The van der Waals surface area contributed by atoms with Crippen LogP contribution in [-0.2, 0) is 6.54 Å². The molecule has 0 aromatic heterocycles. The van der Waals surface area contributed by atoms with Crippen LogP contribution in [0.1, 0.15) is 38.2 Å². The van der Waals surface area contributed by atoms with Gasteiger partial charge in [0, 0.05) is 17.1 Å². The van der Waals surface area contributed by atoms with Crippen LogP contribution in [-0.4, -0.2) is 30.6 Å². The van der Waals surface area contributed by atoms with Crippen molar-refractivity contribution < 1.29 is 0 Å². The fraction of sp³-hybridized carbons (Fsp3) is 0.625. The number of benzene rings is 1. The van der Waals surface area contributed by atoms with Crippen LogP contribution < -0.4 is 5.32 Å². The first-order valence-corrected chi connectivity index (χ1v) is 8.24. The third kappa shape index (κ3) is 5.25. The maximum Gasteiger partial charge on any atom is 0.0205 e. The summed E-state index contributed by atoms with van der Waals surface area (Å²) < 4.78 is 1.16. The van der Waals surface area contributed by atoms with Gasteiger partial charge >= 0.3 is 0 Å². The fourth-order valence-corrected chi connectivity index (χ4v) is 3.22. The third-order valence-corrected chi connectivity index (χ3v) is 4.45. The summed E-state index contributed by atoms with van der Waals surface area (Å²) in [7, 11) is 0. The van der Waals surface area contributed by atoms with Crippen molar-refractivity contribution >= 4 is 15.9 Å². The predicted molar refractivity (Wildman–Crippen MR) is 85.4 cm³/mol. The highest BCUT2D eigenvalue weighted by molar-refractivity contribution is 9.10. The molecule has 1 unspecified atom stereocenters. The first-order chi connectivity index (χ1) is 9.25. The first-order valence-electron chi connectivity index (χ1n) is 7.45. The normalized spacial score (nSPS) is 20.6. The molecule has 0 radical (unpaired) electrons. The fourth-order valence-electron chi connectivity index (χ4n) is 2.78. The second-order valence-electron chi connectivity index (χ2n) is 5.54. The molecule has 106 valence electrons. The molecule has 1 N–H and O–H groups in total. The van der Waals surface area contributed by atoms with Gasteiger partial charge in [0.1, 0.15) is 0 Å². The lowest BCUT2D eigenvalue weighted by Gasteiger charge is -2.33. The van der Waals surface area contributed by atoms with Gasteiger partial charge < -0.3 is 10.2 Å². The minimum atomic E-state index is 0.791. The molecule has 0 bridgehead atoms. The Labute approximate surface area is 125 Å². The van der Waals surface area contributed by atoms with E-state index >= 15 is 0 Å². The van der Waals surface area contributed by atoms with Crippen LogP contribution in [0, 0.1) is 0 Å². The Hall–Kier alpha value is -0.380. The molecule has 1 fully saturated rings. The number of nitrogens with zero attached hydrogens (tertiary/aromatic N) is 1. The van der Waals surface area contributed by atoms with Crippen LogP contribution >= 0.6 is 15.9 Å². The lowest BCUT2D eigenvalue weighted by Crippen LogP contribution is -2.38. The average Bonchev–Trinajstić information content (AvgIpc) is 2.40. The quantitative estimate of drug-likeness (QED) is 0.800. The number of halogens is 1. The summed E-state index contributed by atoms with van der Waals surface area (Å²) in [4.78, 5) is 2.64. The number of hydrogen-bond donors (Lipinski definition) is 1. The Bertz CT molecular complexity index is 381. The zero-order valence-corrected chi connectivity index (χ0v) is 13.5.